The van der Waals surface area contributed by atoms with Crippen LogP contribution in [0.3, 0.4) is 0 Å². The van der Waals surface area contributed by atoms with Crippen molar-refractivity contribution in [1.29, 1.82) is 0 Å². The van der Waals surface area contributed by atoms with Crippen molar-refractivity contribution in [2.24, 2.45) is 0 Å². The van der Waals surface area contributed by atoms with Crippen LogP contribution in [0.2, 0.25) is 0 Å². The van der Waals surface area contributed by atoms with E-state index in [1.54, 1.807) is 38.1 Å². The molecule has 0 bridgehead atoms. The van der Waals surface area contributed by atoms with Crippen LogP contribution in [0, 0.1) is 0 Å². The van der Waals surface area contributed by atoms with Crippen LogP contribution in [-0.4, -0.2) is 36.9 Å². The lowest BCUT2D eigenvalue weighted by atomic mass is 9.96. The van der Waals surface area contributed by atoms with Gasteiger partial charge >= 0.3 is 0 Å². The Balaban J connectivity index is 2.00. The molecule has 0 saturated carbocycles. The third-order valence-corrected chi connectivity index (χ3v) is 4.34. The minimum absolute atomic E-state index is 0.267. The summed E-state index contributed by atoms with van der Waals surface area (Å²) < 4.78 is 10.7. The van der Waals surface area contributed by atoms with E-state index < -0.39 is 17.9 Å². The summed E-state index contributed by atoms with van der Waals surface area (Å²) in [6.45, 7) is 4.20. The zero-order valence-corrected chi connectivity index (χ0v) is 14.8. The second-order valence-electron chi connectivity index (χ2n) is 5.97. The van der Waals surface area contributed by atoms with Gasteiger partial charge in [-0.3, -0.25) is 14.4 Å². The van der Waals surface area contributed by atoms with Crippen molar-refractivity contribution in [2.75, 3.05) is 13.2 Å². The number of hydrogen-bond acceptors (Lipinski definition) is 5. The molecule has 0 aliphatic heterocycles. The van der Waals surface area contributed by atoms with Gasteiger partial charge in [-0.25, -0.2) is 0 Å². The maximum atomic E-state index is 12.7. The monoisotopic (exact) mass is 352 g/mol. The second-order valence-corrected chi connectivity index (χ2v) is 5.97. The number of ether oxygens (including phenoxy) is 2. The molecular formula is C21H20O5. The van der Waals surface area contributed by atoms with Crippen LogP contribution in [-0.2, 0) is 15.9 Å². The van der Waals surface area contributed by atoms with E-state index in [2.05, 4.69) is 0 Å². The summed E-state index contributed by atoms with van der Waals surface area (Å²) >= 11 is 0. The summed E-state index contributed by atoms with van der Waals surface area (Å²) in [6, 6.07) is 11.9. The first-order valence-electron chi connectivity index (χ1n) is 8.64. The van der Waals surface area contributed by atoms with Gasteiger partial charge in [0.2, 0.25) is 23.6 Å². The van der Waals surface area contributed by atoms with Crippen molar-refractivity contribution in [3.63, 3.8) is 0 Å². The molecule has 0 unspecified atom stereocenters. The quantitative estimate of drug-likeness (QED) is 0.453. The molecule has 2 aromatic rings. The predicted molar refractivity (Wildman–Crippen MR) is 95.7 cm³/mol. The van der Waals surface area contributed by atoms with Crippen LogP contribution in [0.5, 0.6) is 0 Å². The second kappa shape index (κ2) is 7.72. The predicted octanol–water partition coefficient (Wildman–Crippen LogP) is 3.24. The van der Waals surface area contributed by atoms with Crippen molar-refractivity contribution in [3.05, 3.63) is 70.3 Å². The lowest BCUT2D eigenvalue weighted by Crippen LogP contribution is -2.28. The molecule has 0 spiro atoms. The van der Waals surface area contributed by atoms with E-state index >= 15 is 0 Å². The van der Waals surface area contributed by atoms with E-state index in [4.69, 9.17) is 9.47 Å². The first-order valence-corrected chi connectivity index (χ1v) is 8.64. The highest BCUT2D eigenvalue weighted by molar-refractivity contribution is 6.50. The van der Waals surface area contributed by atoms with Crippen molar-refractivity contribution in [3.8, 4) is 0 Å². The number of Topliss-reactive ketones (excluding diaryl/α,β-unsaturated/α-hetero) is 3. The van der Waals surface area contributed by atoms with Gasteiger partial charge in [0, 0.05) is 29.9 Å². The number of carbonyl (C=O) groups excluding carboxylic acids is 3. The molecule has 0 heterocycles. The van der Waals surface area contributed by atoms with Crippen LogP contribution in [0.15, 0.2) is 42.5 Å². The van der Waals surface area contributed by atoms with E-state index in [0.29, 0.717) is 30.8 Å². The molecule has 5 nitrogen and oxygen atoms in total. The Labute approximate surface area is 151 Å². The third-order valence-electron chi connectivity index (χ3n) is 4.34. The SMILES string of the molecule is CCOC(OCC)C(=O)c1ccc2c(c1)C(=O)C(=O)c1ccccc1C2. The fraction of sp³-hybridized carbons (Fsp3) is 0.286. The highest BCUT2D eigenvalue weighted by atomic mass is 16.7. The maximum Gasteiger partial charge on any atom is 0.233 e. The van der Waals surface area contributed by atoms with E-state index in [1.807, 2.05) is 12.1 Å². The Hall–Kier alpha value is -2.63. The van der Waals surface area contributed by atoms with Crippen molar-refractivity contribution in [2.45, 2.75) is 26.6 Å². The van der Waals surface area contributed by atoms with Gasteiger partial charge in [-0.15, -0.1) is 0 Å². The zero-order chi connectivity index (χ0) is 18.7. The van der Waals surface area contributed by atoms with Crippen molar-refractivity contribution < 1.29 is 23.9 Å². The molecule has 0 aromatic heterocycles. The minimum atomic E-state index is -1.02. The highest BCUT2D eigenvalue weighted by Gasteiger charge is 2.29. The fourth-order valence-electron chi connectivity index (χ4n) is 3.08. The van der Waals surface area contributed by atoms with Crippen LogP contribution in [0.4, 0.5) is 0 Å². The molecule has 0 amide bonds. The molecule has 5 heteroatoms. The smallest absolute Gasteiger partial charge is 0.233 e. The average Bonchev–Trinajstić information content (AvgIpc) is 2.76. The summed E-state index contributed by atoms with van der Waals surface area (Å²) in [7, 11) is 0. The van der Waals surface area contributed by atoms with Crippen molar-refractivity contribution >= 4 is 17.3 Å². The van der Waals surface area contributed by atoms with Gasteiger partial charge in [0.25, 0.3) is 0 Å². The summed E-state index contributed by atoms with van der Waals surface area (Å²) in [5, 5.41) is 0. The van der Waals surface area contributed by atoms with Gasteiger partial charge in [-0.05, 0) is 37.5 Å². The molecule has 0 N–H and O–H groups in total. The van der Waals surface area contributed by atoms with E-state index in [0.717, 1.165) is 11.1 Å². The topological polar surface area (TPSA) is 69.7 Å². The summed E-state index contributed by atoms with van der Waals surface area (Å²) in [5.74, 6) is -1.50. The summed E-state index contributed by atoms with van der Waals surface area (Å²) in [4.78, 5) is 37.9. The number of benzene rings is 2. The number of fused-ring (bicyclic) bond motifs is 2. The summed E-state index contributed by atoms with van der Waals surface area (Å²) in [5.41, 5.74) is 2.52. The molecular weight excluding hydrogens is 332 g/mol. The molecule has 0 saturated heterocycles. The average molecular weight is 352 g/mol. The highest BCUT2D eigenvalue weighted by Crippen LogP contribution is 2.26. The minimum Gasteiger partial charge on any atom is -0.346 e. The van der Waals surface area contributed by atoms with E-state index in [9.17, 15) is 14.4 Å². The Morgan fingerprint density at radius 3 is 2.23 bits per heavy atom. The Bertz CT molecular complexity index is 862. The molecule has 0 atom stereocenters. The van der Waals surface area contributed by atoms with Crippen LogP contribution in [0.1, 0.15) is 56.0 Å². The zero-order valence-electron chi connectivity index (χ0n) is 14.8. The molecule has 3 rings (SSSR count). The number of carbonyl (C=O) groups is 3. The molecule has 1 aliphatic rings. The number of rotatable bonds is 6. The van der Waals surface area contributed by atoms with E-state index in [-0.39, 0.29) is 11.3 Å². The molecule has 0 radical (unpaired) electrons. The first kappa shape index (κ1) is 18.2. The summed E-state index contributed by atoms with van der Waals surface area (Å²) in [6.07, 6.45) is -0.547. The Morgan fingerprint density at radius 2 is 1.54 bits per heavy atom. The maximum absolute atomic E-state index is 12.7. The molecule has 134 valence electrons. The normalized spacial score (nSPS) is 13.3. The number of ketones is 3. The molecule has 2 aromatic carbocycles. The van der Waals surface area contributed by atoms with E-state index in [1.165, 1.54) is 6.07 Å². The molecule has 26 heavy (non-hydrogen) atoms. The Morgan fingerprint density at radius 1 is 0.923 bits per heavy atom. The van der Waals surface area contributed by atoms with Crippen molar-refractivity contribution in [1.82, 2.24) is 0 Å². The third kappa shape index (κ3) is 3.36. The van der Waals surface area contributed by atoms with Gasteiger partial charge in [0.15, 0.2) is 0 Å². The van der Waals surface area contributed by atoms with Crippen LogP contribution < -0.4 is 0 Å². The van der Waals surface area contributed by atoms with Gasteiger partial charge in [0.05, 0.1) is 0 Å². The van der Waals surface area contributed by atoms with Gasteiger partial charge in [-0.1, -0.05) is 36.4 Å². The van der Waals surface area contributed by atoms with Gasteiger partial charge in [-0.2, -0.15) is 0 Å². The van der Waals surface area contributed by atoms with Gasteiger partial charge < -0.3 is 9.47 Å². The fourth-order valence-corrected chi connectivity index (χ4v) is 3.08. The molecule has 0 fully saturated rings. The lowest BCUT2D eigenvalue weighted by molar-refractivity contribution is -0.107. The molecule has 1 aliphatic carbocycles. The van der Waals surface area contributed by atoms with Gasteiger partial charge in [0.1, 0.15) is 0 Å². The number of hydrogen-bond donors (Lipinski definition) is 0. The standard InChI is InChI=1S/C21H20O5/c1-3-25-21(26-4-2)18(22)15-10-9-14-11-13-7-5-6-8-16(13)19(23)20(24)17(14)12-15/h5-10,12,21H,3-4,11H2,1-2H3. The van der Waals surface area contributed by atoms with Crippen LogP contribution in [0.25, 0.3) is 0 Å². The largest absolute Gasteiger partial charge is 0.346 e. The Kier molecular flexibility index (Phi) is 5.40. The first-order chi connectivity index (χ1) is 12.6. The van der Waals surface area contributed by atoms with Crippen LogP contribution >= 0.6 is 0 Å². The lowest BCUT2D eigenvalue weighted by Gasteiger charge is -2.16.